The third-order valence-electron chi connectivity index (χ3n) is 3.90. The normalized spacial score (nSPS) is 19.1. The van der Waals surface area contributed by atoms with Crippen LogP contribution in [0.4, 0.5) is 0 Å². The van der Waals surface area contributed by atoms with Gasteiger partial charge in [0, 0.05) is 26.8 Å². The fourth-order valence-corrected chi connectivity index (χ4v) is 2.64. The summed E-state index contributed by atoms with van der Waals surface area (Å²) in [6.07, 6.45) is 3.73. The van der Waals surface area contributed by atoms with E-state index in [1.54, 1.807) is 20.5 Å². The van der Waals surface area contributed by atoms with Gasteiger partial charge in [0.2, 0.25) is 0 Å². The highest BCUT2D eigenvalue weighted by Gasteiger charge is 2.46. The third-order valence-corrected chi connectivity index (χ3v) is 3.90. The number of ether oxygens (including phenoxy) is 2. The average Bonchev–Trinajstić information content (AvgIpc) is 3.13. The highest BCUT2D eigenvalue weighted by atomic mass is 16.7. The van der Waals surface area contributed by atoms with Crippen molar-refractivity contribution in [2.45, 2.75) is 44.2 Å². The molecule has 19 heavy (non-hydrogen) atoms. The number of hydrogen-bond acceptors (Lipinski definition) is 5. The molecule has 0 bridgehead atoms. The minimum atomic E-state index is -0.364. The van der Waals surface area contributed by atoms with Gasteiger partial charge >= 0.3 is 0 Å². The molecule has 108 valence electrons. The van der Waals surface area contributed by atoms with E-state index < -0.39 is 0 Å². The molecular formula is C14H24N2O3. The van der Waals surface area contributed by atoms with Crippen molar-refractivity contribution in [2.75, 3.05) is 20.8 Å². The Kier molecular flexibility index (Phi) is 4.62. The molecule has 2 N–H and O–H groups in total. The molecule has 1 atom stereocenters. The molecule has 1 heterocycles. The van der Waals surface area contributed by atoms with Crippen LogP contribution in [0.5, 0.6) is 0 Å². The van der Waals surface area contributed by atoms with Gasteiger partial charge in [0.05, 0.1) is 18.3 Å². The lowest BCUT2D eigenvalue weighted by atomic mass is 9.98. The van der Waals surface area contributed by atoms with Crippen molar-refractivity contribution in [2.24, 2.45) is 5.73 Å². The molecule has 0 aliphatic heterocycles. The van der Waals surface area contributed by atoms with Crippen molar-refractivity contribution < 1.29 is 13.9 Å². The van der Waals surface area contributed by atoms with Gasteiger partial charge in [0.25, 0.3) is 0 Å². The molecule has 0 aromatic carbocycles. The lowest BCUT2D eigenvalue weighted by Gasteiger charge is -2.44. The van der Waals surface area contributed by atoms with E-state index in [-0.39, 0.29) is 11.8 Å². The first-order chi connectivity index (χ1) is 9.15. The smallest absolute Gasteiger partial charge is 0.176 e. The first-order valence-corrected chi connectivity index (χ1v) is 6.70. The zero-order valence-electron chi connectivity index (χ0n) is 12.0. The number of hydrogen-bond donors (Lipinski definition) is 1. The Labute approximate surface area is 114 Å². The van der Waals surface area contributed by atoms with Crippen LogP contribution in [0.3, 0.4) is 0 Å². The molecule has 2 rings (SSSR count). The van der Waals surface area contributed by atoms with Crippen LogP contribution in [0.2, 0.25) is 0 Å². The van der Waals surface area contributed by atoms with Gasteiger partial charge in [-0.2, -0.15) is 0 Å². The predicted octanol–water partition coefficient (Wildman–Crippen LogP) is 1.58. The number of nitrogens with zero attached hydrogens (tertiary/aromatic N) is 1. The number of nitrogens with two attached hydrogens (primary N) is 1. The van der Waals surface area contributed by atoms with Crippen LogP contribution in [-0.2, 0) is 16.0 Å². The van der Waals surface area contributed by atoms with Crippen LogP contribution in [0.1, 0.15) is 25.5 Å². The summed E-state index contributed by atoms with van der Waals surface area (Å²) in [7, 11) is 3.31. The van der Waals surface area contributed by atoms with E-state index in [0.29, 0.717) is 12.6 Å². The molecule has 5 heteroatoms. The molecule has 0 radical (unpaired) electrons. The standard InChI is InChI=1S/C14H24N2O3/c1-14(10-15,13(17-2)18-3)16(11-6-7-11)9-12-5-4-8-19-12/h4-5,8,11,13H,6-7,9-10,15H2,1-3H3. The van der Waals surface area contributed by atoms with E-state index in [1.807, 2.05) is 12.1 Å². The maximum Gasteiger partial charge on any atom is 0.176 e. The molecule has 0 saturated heterocycles. The van der Waals surface area contributed by atoms with E-state index >= 15 is 0 Å². The third kappa shape index (κ3) is 3.00. The van der Waals surface area contributed by atoms with Crippen LogP contribution in [0.15, 0.2) is 22.8 Å². The molecule has 1 saturated carbocycles. The van der Waals surface area contributed by atoms with E-state index in [0.717, 1.165) is 12.3 Å². The minimum absolute atomic E-state index is 0.354. The van der Waals surface area contributed by atoms with Gasteiger partial charge in [0.1, 0.15) is 5.76 Å². The van der Waals surface area contributed by atoms with Crippen molar-refractivity contribution in [3.8, 4) is 0 Å². The molecule has 1 aromatic heterocycles. The first-order valence-electron chi connectivity index (χ1n) is 6.70. The zero-order valence-corrected chi connectivity index (χ0v) is 12.0. The fraction of sp³-hybridized carbons (Fsp3) is 0.714. The molecule has 1 aromatic rings. The van der Waals surface area contributed by atoms with Gasteiger partial charge in [0.15, 0.2) is 6.29 Å². The van der Waals surface area contributed by atoms with Gasteiger partial charge in [-0.3, -0.25) is 4.90 Å². The highest BCUT2D eigenvalue weighted by molar-refractivity contribution is 5.05. The van der Waals surface area contributed by atoms with E-state index in [9.17, 15) is 0 Å². The molecule has 5 nitrogen and oxygen atoms in total. The summed E-state index contributed by atoms with van der Waals surface area (Å²) >= 11 is 0. The van der Waals surface area contributed by atoms with Crippen LogP contribution in [0, 0.1) is 0 Å². The summed E-state index contributed by atoms with van der Waals surface area (Å²) in [5.41, 5.74) is 5.66. The van der Waals surface area contributed by atoms with Crippen molar-refractivity contribution in [3.05, 3.63) is 24.2 Å². The summed E-state index contributed by atoms with van der Waals surface area (Å²) in [6.45, 7) is 3.29. The Morgan fingerprint density at radius 3 is 2.58 bits per heavy atom. The largest absolute Gasteiger partial charge is 0.468 e. The van der Waals surface area contributed by atoms with Crippen LogP contribution in [0.25, 0.3) is 0 Å². The Balaban J connectivity index is 2.19. The second-order valence-electron chi connectivity index (χ2n) is 5.30. The van der Waals surface area contributed by atoms with E-state index in [4.69, 9.17) is 19.6 Å². The fourth-order valence-electron chi connectivity index (χ4n) is 2.64. The molecular weight excluding hydrogens is 244 g/mol. The molecule has 0 amide bonds. The predicted molar refractivity (Wildman–Crippen MR) is 72.5 cm³/mol. The number of rotatable bonds is 8. The van der Waals surface area contributed by atoms with Gasteiger partial charge in [-0.15, -0.1) is 0 Å². The first kappa shape index (κ1) is 14.5. The molecule has 1 aliphatic rings. The Bertz CT molecular complexity index is 374. The number of furan rings is 1. The summed E-state index contributed by atoms with van der Waals surface area (Å²) in [5, 5.41) is 0. The monoisotopic (exact) mass is 268 g/mol. The van der Waals surface area contributed by atoms with Crippen LogP contribution < -0.4 is 5.73 Å². The Morgan fingerprint density at radius 2 is 2.16 bits per heavy atom. The summed E-state index contributed by atoms with van der Waals surface area (Å²) < 4.78 is 16.4. The minimum Gasteiger partial charge on any atom is -0.468 e. The average molecular weight is 268 g/mol. The van der Waals surface area contributed by atoms with Crippen molar-refractivity contribution in [1.82, 2.24) is 4.90 Å². The molecule has 1 fully saturated rings. The lowest BCUT2D eigenvalue weighted by molar-refractivity contribution is -0.185. The van der Waals surface area contributed by atoms with Crippen LogP contribution >= 0.6 is 0 Å². The SMILES string of the molecule is COC(OC)C(C)(CN)N(Cc1ccco1)C1CC1. The van der Waals surface area contributed by atoms with Gasteiger partial charge < -0.3 is 19.6 Å². The maximum atomic E-state index is 6.02. The second kappa shape index (κ2) is 6.05. The quantitative estimate of drug-likeness (QED) is 0.725. The number of methoxy groups -OCH3 is 2. The van der Waals surface area contributed by atoms with Crippen molar-refractivity contribution in [3.63, 3.8) is 0 Å². The lowest BCUT2D eigenvalue weighted by Crippen LogP contribution is -2.60. The molecule has 0 spiro atoms. The van der Waals surface area contributed by atoms with Crippen LogP contribution in [-0.4, -0.2) is 43.5 Å². The zero-order chi connectivity index (χ0) is 13.9. The van der Waals surface area contributed by atoms with Gasteiger partial charge in [-0.1, -0.05) is 0 Å². The van der Waals surface area contributed by atoms with Gasteiger partial charge in [-0.25, -0.2) is 0 Å². The maximum absolute atomic E-state index is 6.02. The van der Waals surface area contributed by atoms with Crippen molar-refractivity contribution in [1.29, 1.82) is 0 Å². The van der Waals surface area contributed by atoms with E-state index in [2.05, 4.69) is 11.8 Å². The highest BCUT2D eigenvalue weighted by Crippen LogP contribution is 2.36. The van der Waals surface area contributed by atoms with Crippen molar-refractivity contribution >= 4 is 0 Å². The summed E-state index contributed by atoms with van der Waals surface area (Å²) in [6, 6.07) is 4.43. The van der Waals surface area contributed by atoms with E-state index in [1.165, 1.54) is 12.8 Å². The summed E-state index contributed by atoms with van der Waals surface area (Å²) in [4.78, 5) is 2.35. The second-order valence-corrected chi connectivity index (χ2v) is 5.30. The Hall–Kier alpha value is -0.880. The molecule has 1 aliphatic carbocycles. The van der Waals surface area contributed by atoms with Gasteiger partial charge in [-0.05, 0) is 31.9 Å². The Morgan fingerprint density at radius 1 is 1.47 bits per heavy atom. The summed E-state index contributed by atoms with van der Waals surface area (Å²) in [5.74, 6) is 0.942. The molecule has 1 unspecified atom stereocenters. The topological polar surface area (TPSA) is 60.9 Å².